The Morgan fingerprint density at radius 1 is 1.08 bits per heavy atom. The van der Waals surface area contributed by atoms with Crippen molar-refractivity contribution < 1.29 is 13.9 Å². The maximum Gasteiger partial charge on any atom is 0.255 e. The number of unbranched alkanes of at least 4 members (excludes halogenated alkanes) is 1. The Balaban J connectivity index is 1.44. The van der Waals surface area contributed by atoms with E-state index in [0.29, 0.717) is 30.0 Å². The van der Waals surface area contributed by atoms with Crippen molar-refractivity contribution in [3.05, 3.63) is 72.2 Å². The summed E-state index contributed by atoms with van der Waals surface area (Å²) in [6.07, 6.45) is 3.13. The standard InChI is InChI=1S/C20H20FN3O2/c21-16-10-8-15(9-11-16)19-18(14-23-24-19)20(25)22-12-4-5-13-26-17-6-2-1-3-7-17/h1-3,6-11,14H,4-5,12-13H2,(H,22,25)(H,23,24). The summed E-state index contributed by atoms with van der Waals surface area (Å²) in [6.45, 7) is 1.15. The Morgan fingerprint density at radius 2 is 1.85 bits per heavy atom. The number of hydrogen-bond acceptors (Lipinski definition) is 3. The molecule has 3 aromatic rings. The van der Waals surface area contributed by atoms with Gasteiger partial charge in [-0.05, 0) is 49.2 Å². The molecule has 0 spiro atoms. The number of para-hydroxylation sites is 1. The summed E-state index contributed by atoms with van der Waals surface area (Å²) < 4.78 is 18.7. The summed E-state index contributed by atoms with van der Waals surface area (Å²) in [6, 6.07) is 15.6. The molecule has 3 rings (SSSR count). The predicted molar refractivity (Wildman–Crippen MR) is 97.5 cm³/mol. The van der Waals surface area contributed by atoms with E-state index in [2.05, 4.69) is 15.5 Å². The molecule has 1 aromatic heterocycles. The van der Waals surface area contributed by atoms with Crippen molar-refractivity contribution in [2.75, 3.05) is 13.2 Å². The zero-order valence-electron chi connectivity index (χ0n) is 14.2. The zero-order chi connectivity index (χ0) is 18.2. The number of nitrogens with one attached hydrogen (secondary N) is 2. The molecule has 0 atom stereocenters. The minimum atomic E-state index is -0.322. The van der Waals surface area contributed by atoms with Gasteiger partial charge in [-0.1, -0.05) is 18.2 Å². The van der Waals surface area contributed by atoms with Crippen LogP contribution in [0.3, 0.4) is 0 Å². The van der Waals surface area contributed by atoms with Crippen LogP contribution in [0.5, 0.6) is 5.75 Å². The Kier molecular flexibility index (Phi) is 5.98. The topological polar surface area (TPSA) is 67.0 Å². The van der Waals surface area contributed by atoms with Crippen LogP contribution in [0.25, 0.3) is 11.3 Å². The number of carbonyl (C=O) groups is 1. The number of amides is 1. The number of carbonyl (C=O) groups excluding carboxylic acids is 1. The third-order valence-electron chi connectivity index (χ3n) is 3.89. The molecular weight excluding hydrogens is 333 g/mol. The average Bonchev–Trinajstić information content (AvgIpc) is 3.16. The number of benzene rings is 2. The van der Waals surface area contributed by atoms with Crippen LogP contribution in [-0.4, -0.2) is 29.3 Å². The van der Waals surface area contributed by atoms with Crippen LogP contribution in [0.1, 0.15) is 23.2 Å². The van der Waals surface area contributed by atoms with E-state index in [0.717, 1.165) is 18.6 Å². The molecule has 1 amide bonds. The SMILES string of the molecule is O=C(NCCCCOc1ccccc1)c1cn[nH]c1-c1ccc(F)cc1. The smallest absolute Gasteiger partial charge is 0.255 e. The number of rotatable bonds is 8. The Hall–Kier alpha value is -3.15. The second-order valence-corrected chi connectivity index (χ2v) is 5.79. The van der Waals surface area contributed by atoms with Gasteiger partial charge in [0.2, 0.25) is 0 Å². The lowest BCUT2D eigenvalue weighted by Gasteiger charge is -2.07. The van der Waals surface area contributed by atoms with Gasteiger partial charge in [0.1, 0.15) is 11.6 Å². The minimum Gasteiger partial charge on any atom is -0.494 e. The van der Waals surface area contributed by atoms with Gasteiger partial charge in [0.15, 0.2) is 0 Å². The fourth-order valence-corrected chi connectivity index (χ4v) is 2.53. The lowest BCUT2D eigenvalue weighted by Crippen LogP contribution is -2.24. The molecule has 1 heterocycles. The number of H-pyrrole nitrogens is 1. The van der Waals surface area contributed by atoms with Crippen molar-refractivity contribution in [2.45, 2.75) is 12.8 Å². The molecular formula is C20H20FN3O2. The van der Waals surface area contributed by atoms with Crippen LogP contribution in [0, 0.1) is 5.82 Å². The van der Waals surface area contributed by atoms with Crippen LogP contribution in [-0.2, 0) is 0 Å². The van der Waals surface area contributed by atoms with Crippen molar-refractivity contribution >= 4 is 5.91 Å². The summed E-state index contributed by atoms with van der Waals surface area (Å²) in [4.78, 5) is 12.3. The molecule has 0 unspecified atom stereocenters. The van der Waals surface area contributed by atoms with Gasteiger partial charge in [0, 0.05) is 12.1 Å². The predicted octanol–water partition coefficient (Wildman–Crippen LogP) is 3.80. The number of nitrogens with zero attached hydrogens (tertiary/aromatic N) is 1. The second kappa shape index (κ2) is 8.80. The molecule has 0 aliphatic carbocycles. The van der Waals surface area contributed by atoms with Gasteiger partial charge in [0.05, 0.1) is 24.1 Å². The normalized spacial score (nSPS) is 10.5. The largest absolute Gasteiger partial charge is 0.494 e. The molecule has 0 aliphatic rings. The van der Waals surface area contributed by atoms with E-state index in [1.54, 1.807) is 12.1 Å². The van der Waals surface area contributed by atoms with Crippen LogP contribution in [0.4, 0.5) is 4.39 Å². The molecule has 6 heteroatoms. The first-order valence-corrected chi connectivity index (χ1v) is 8.49. The second-order valence-electron chi connectivity index (χ2n) is 5.79. The highest BCUT2D eigenvalue weighted by Crippen LogP contribution is 2.21. The summed E-state index contributed by atoms with van der Waals surface area (Å²) >= 11 is 0. The maximum absolute atomic E-state index is 13.0. The summed E-state index contributed by atoms with van der Waals surface area (Å²) in [7, 11) is 0. The monoisotopic (exact) mass is 353 g/mol. The quantitative estimate of drug-likeness (QED) is 0.605. The number of ether oxygens (including phenoxy) is 1. The van der Waals surface area contributed by atoms with Crippen LogP contribution < -0.4 is 10.1 Å². The van der Waals surface area contributed by atoms with Crippen molar-refractivity contribution in [1.29, 1.82) is 0 Å². The lowest BCUT2D eigenvalue weighted by molar-refractivity contribution is 0.0953. The highest BCUT2D eigenvalue weighted by atomic mass is 19.1. The summed E-state index contributed by atoms with van der Waals surface area (Å²) in [5, 5.41) is 9.61. The summed E-state index contributed by atoms with van der Waals surface area (Å²) in [5.74, 6) is 0.318. The van der Waals surface area contributed by atoms with Gasteiger partial charge in [0.25, 0.3) is 5.91 Å². The molecule has 0 radical (unpaired) electrons. The molecule has 0 aliphatic heterocycles. The molecule has 5 nitrogen and oxygen atoms in total. The zero-order valence-corrected chi connectivity index (χ0v) is 14.2. The average molecular weight is 353 g/mol. The first kappa shape index (κ1) is 17.7. The van der Waals surface area contributed by atoms with Crippen molar-refractivity contribution in [2.24, 2.45) is 0 Å². The van der Waals surface area contributed by atoms with E-state index in [-0.39, 0.29) is 11.7 Å². The fourth-order valence-electron chi connectivity index (χ4n) is 2.53. The van der Waals surface area contributed by atoms with E-state index in [1.807, 2.05) is 30.3 Å². The molecule has 2 N–H and O–H groups in total. The highest BCUT2D eigenvalue weighted by molar-refractivity contribution is 5.99. The third kappa shape index (κ3) is 4.69. The van der Waals surface area contributed by atoms with E-state index in [9.17, 15) is 9.18 Å². The van der Waals surface area contributed by atoms with Crippen LogP contribution in [0.2, 0.25) is 0 Å². The van der Waals surface area contributed by atoms with Crippen LogP contribution in [0.15, 0.2) is 60.8 Å². The maximum atomic E-state index is 13.0. The number of aromatic nitrogens is 2. The summed E-state index contributed by atoms with van der Waals surface area (Å²) in [5.41, 5.74) is 1.73. The van der Waals surface area contributed by atoms with E-state index >= 15 is 0 Å². The molecule has 0 saturated carbocycles. The van der Waals surface area contributed by atoms with Crippen molar-refractivity contribution in [3.8, 4) is 17.0 Å². The molecule has 0 fully saturated rings. The van der Waals surface area contributed by atoms with E-state index < -0.39 is 0 Å². The van der Waals surface area contributed by atoms with Crippen molar-refractivity contribution in [3.63, 3.8) is 0 Å². The first-order chi connectivity index (χ1) is 12.7. The van der Waals surface area contributed by atoms with Gasteiger partial charge in [-0.25, -0.2) is 4.39 Å². The Morgan fingerprint density at radius 3 is 2.62 bits per heavy atom. The van der Waals surface area contributed by atoms with Gasteiger partial charge in [-0.2, -0.15) is 5.10 Å². The van der Waals surface area contributed by atoms with Crippen LogP contribution >= 0.6 is 0 Å². The molecule has 26 heavy (non-hydrogen) atoms. The number of aromatic amines is 1. The Bertz CT molecular complexity index is 832. The number of halogens is 1. The minimum absolute atomic E-state index is 0.206. The van der Waals surface area contributed by atoms with Gasteiger partial charge in [-0.3, -0.25) is 9.89 Å². The lowest BCUT2D eigenvalue weighted by atomic mass is 10.1. The van der Waals surface area contributed by atoms with E-state index in [1.165, 1.54) is 18.3 Å². The van der Waals surface area contributed by atoms with Gasteiger partial charge in [-0.15, -0.1) is 0 Å². The molecule has 0 saturated heterocycles. The molecule has 134 valence electrons. The first-order valence-electron chi connectivity index (χ1n) is 8.49. The van der Waals surface area contributed by atoms with Crippen molar-refractivity contribution in [1.82, 2.24) is 15.5 Å². The third-order valence-corrected chi connectivity index (χ3v) is 3.89. The Labute approximate surface area is 151 Å². The fraction of sp³-hybridized carbons (Fsp3) is 0.200. The molecule has 2 aromatic carbocycles. The van der Waals surface area contributed by atoms with Gasteiger partial charge < -0.3 is 10.1 Å². The van der Waals surface area contributed by atoms with E-state index in [4.69, 9.17) is 4.74 Å². The highest BCUT2D eigenvalue weighted by Gasteiger charge is 2.14. The van der Waals surface area contributed by atoms with Gasteiger partial charge >= 0.3 is 0 Å². The number of hydrogen-bond donors (Lipinski definition) is 2. The molecule has 0 bridgehead atoms.